The normalized spacial score (nSPS) is 11.2. The van der Waals surface area contributed by atoms with Crippen LogP contribution in [0.4, 0.5) is 4.39 Å². The number of hydrogen-bond acceptors (Lipinski definition) is 5. The second kappa shape index (κ2) is 6.15. The molecule has 0 unspecified atom stereocenters. The van der Waals surface area contributed by atoms with Gasteiger partial charge in [0.15, 0.2) is 0 Å². The van der Waals surface area contributed by atoms with E-state index in [0.29, 0.717) is 24.9 Å². The van der Waals surface area contributed by atoms with Gasteiger partial charge in [-0.1, -0.05) is 18.2 Å². The molecule has 0 radical (unpaired) electrons. The van der Waals surface area contributed by atoms with Crippen molar-refractivity contribution in [1.82, 2.24) is 15.1 Å². The molecule has 108 valence electrons. The molecule has 2 aromatic heterocycles. The Morgan fingerprint density at radius 2 is 2.10 bits per heavy atom. The lowest BCUT2D eigenvalue weighted by molar-refractivity contribution is 0.282. The number of aromatic nitrogens is 2. The van der Waals surface area contributed by atoms with E-state index in [1.165, 1.54) is 12.1 Å². The van der Waals surface area contributed by atoms with E-state index >= 15 is 0 Å². The van der Waals surface area contributed by atoms with E-state index in [0.717, 1.165) is 10.4 Å². The Balaban J connectivity index is 1.64. The van der Waals surface area contributed by atoms with E-state index in [1.807, 2.05) is 35.5 Å². The van der Waals surface area contributed by atoms with Gasteiger partial charge in [-0.2, -0.15) is 0 Å². The molecule has 0 aliphatic rings. The maximum absolute atomic E-state index is 13.1. The standard InChI is InChI=1S/C15H14FN3OS/c1-19(9-11-4-2-5-12(16)8-11)10-14-17-18-15(20-14)13-6-3-7-21-13/h2-8H,9-10H2,1H3. The van der Waals surface area contributed by atoms with Gasteiger partial charge in [0.25, 0.3) is 5.89 Å². The maximum atomic E-state index is 13.1. The summed E-state index contributed by atoms with van der Waals surface area (Å²) in [6.07, 6.45) is 0. The van der Waals surface area contributed by atoms with Gasteiger partial charge in [0, 0.05) is 6.54 Å². The number of hydrogen-bond donors (Lipinski definition) is 0. The van der Waals surface area contributed by atoms with Crippen LogP contribution in [0.1, 0.15) is 11.5 Å². The Morgan fingerprint density at radius 3 is 2.86 bits per heavy atom. The summed E-state index contributed by atoms with van der Waals surface area (Å²) in [6.45, 7) is 1.14. The molecule has 1 aromatic carbocycles. The van der Waals surface area contributed by atoms with Gasteiger partial charge in [0.05, 0.1) is 11.4 Å². The molecular formula is C15H14FN3OS. The van der Waals surface area contributed by atoms with Crippen LogP contribution in [-0.4, -0.2) is 22.1 Å². The number of thiophene rings is 1. The molecular weight excluding hydrogens is 289 g/mol. The summed E-state index contributed by atoms with van der Waals surface area (Å²) in [5.41, 5.74) is 0.912. The van der Waals surface area contributed by atoms with Crippen LogP contribution in [-0.2, 0) is 13.1 Å². The molecule has 0 spiro atoms. The van der Waals surface area contributed by atoms with Gasteiger partial charge in [-0.05, 0) is 36.2 Å². The first kappa shape index (κ1) is 13.9. The fraction of sp³-hybridized carbons (Fsp3) is 0.200. The second-order valence-corrected chi connectivity index (χ2v) is 5.73. The molecule has 3 rings (SSSR count). The average molecular weight is 303 g/mol. The lowest BCUT2D eigenvalue weighted by atomic mass is 10.2. The SMILES string of the molecule is CN(Cc1cccc(F)c1)Cc1nnc(-c2cccs2)o1. The van der Waals surface area contributed by atoms with Crippen molar-refractivity contribution in [2.75, 3.05) is 7.05 Å². The van der Waals surface area contributed by atoms with Crippen LogP contribution in [0.5, 0.6) is 0 Å². The van der Waals surface area contributed by atoms with Crippen LogP contribution < -0.4 is 0 Å². The maximum Gasteiger partial charge on any atom is 0.257 e. The summed E-state index contributed by atoms with van der Waals surface area (Å²) in [5, 5.41) is 10.1. The van der Waals surface area contributed by atoms with Crippen molar-refractivity contribution in [2.45, 2.75) is 13.1 Å². The van der Waals surface area contributed by atoms with Gasteiger partial charge in [-0.25, -0.2) is 4.39 Å². The third-order valence-corrected chi connectivity index (χ3v) is 3.80. The van der Waals surface area contributed by atoms with Gasteiger partial charge >= 0.3 is 0 Å². The third kappa shape index (κ3) is 3.53. The molecule has 0 saturated carbocycles. The number of halogens is 1. The quantitative estimate of drug-likeness (QED) is 0.722. The summed E-state index contributed by atoms with van der Waals surface area (Å²) in [5.74, 6) is 0.870. The Bertz CT molecular complexity index is 711. The molecule has 0 fully saturated rings. The largest absolute Gasteiger partial charge is 0.419 e. The Morgan fingerprint density at radius 1 is 1.19 bits per heavy atom. The minimum Gasteiger partial charge on any atom is -0.419 e. The number of rotatable bonds is 5. The minimum atomic E-state index is -0.223. The van der Waals surface area contributed by atoms with Crippen LogP contribution >= 0.6 is 11.3 Å². The summed E-state index contributed by atoms with van der Waals surface area (Å²) < 4.78 is 18.8. The monoisotopic (exact) mass is 303 g/mol. The summed E-state index contributed by atoms with van der Waals surface area (Å²) in [6, 6.07) is 10.5. The van der Waals surface area contributed by atoms with E-state index in [2.05, 4.69) is 10.2 Å². The van der Waals surface area contributed by atoms with E-state index in [4.69, 9.17) is 4.42 Å². The van der Waals surface area contributed by atoms with Gasteiger partial charge in [0.2, 0.25) is 5.89 Å². The van der Waals surface area contributed by atoms with Gasteiger partial charge in [0.1, 0.15) is 5.82 Å². The van der Waals surface area contributed by atoms with Crippen LogP contribution in [0.2, 0.25) is 0 Å². The van der Waals surface area contributed by atoms with Gasteiger partial charge in [-0.3, -0.25) is 4.90 Å². The van der Waals surface area contributed by atoms with Gasteiger partial charge < -0.3 is 4.42 Å². The lowest BCUT2D eigenvalue weighted by Gasteiger charge is -2.14. The average Bonchev–Trinajstić information content (AvgIpc) is 3.08. The molecule has 2 heterocycles. The predicted octanol–water partition coefficient (Wildman–Crippen LogP) is 3.57. The van der Waals surface area contributed by atoms with Crippen molar-refractivity contribution in [3.63, 3.8) is 0 Å². The summed E-state index contributed by atoms with van der Waals surface area (Å²) in [7, 11) is 1.93. The molecule has 4 nitrogen and oxygen atoms in total. The smallest absolute Gasteiger partial charge is 0.257 e. The van der Waals surface area contributed by atoms with E-state index in [1.54, 1.807) is 17.4 Å². The third-order valence-electron chi connectivity index (χ3n) is 2.95. The highest BCUT2D eigenvalue weighted by atomic mass is 32.1. The minimum absolute atomic E-state index is 0.223. The van der Waals surface area contributed by atoms with Crippen LogP contribution in [0.25, 0.3) is 10.8 Å². The van der Waals surface area contributed by atoms with E-state index in [-0.39, 0.29) is 5.82 Å². The van der Waals surface area contributed by atoms with Crippen molar-refractivity contribution >= 4 is 11.3 Å². The number of benzene rings is 1. The van der Waals surface area contributed by atoms with Crippen molar-refractivity contribution in [2.24, 2.45) is 0 Å². The molecule has 0 aliphatic carbocycles. The van der Waals surface area contributed by atoms with E-state index in [9.17, 15) is 4.39 Å². The van der Waals surface area contributed by atoms with Crippen molar-refractivity contribution in [3.8, 4) is 10.8 Å². The first-order valence-corrected chi connectivity index (χ1v) is 7.38. The Labute approximate surface area is 125 Å². The fourth-order valence-electron chi connectivity index (χ4n) is 2.05. The zero-order valence-corrected chi connectivity index (χ0v) is 12.3. The first-order chi connectivity index (χ1) is 10.2. The Kier molecular flexibility index (Phi) is 4.08. The molecule has 21 heavy (non-hydrogen) atoms. The molecule has 0 bridgehead atoms. The second-order valence-electron chi connectivity index (χ2n) is 4.78. The van der Waals surface area contributed by atoms with Crippen molar-refractivity contribution < 1.29 is 8.81 Å². The molecule has 0 aliphatic heterocycles. The van der Waals surface area contributed by atoms with Crippen molar-refractivity contribution in [1.29, 1.82) is 0 Å². The summed E-state index contributed by atoms with van der Waals surface area (Å²) >= 11 is 1.56. The molecule has 6 heteroatoms. The topological polar surface area (TPSA) is 42.2 Å². The molecule has 0 N–H and O–H groups in total. The summed E-state index contributed by atoms with van der Waals surface area (Å²) in [4.78, 5) is 2.96. The molecule has 0 atom stereocenters. The van der Waals surface area contributed by atoms with Crippen LogP contribution in [0.3, 0.4) is 0 Å². The van der Waals surface area contributed by atoms with Crippen LogP contribution in [0, 0.1) is 5.82 Å². The van der Waals surface area contributed by atoms with Gasteiger partial charge in [-0.15, -0.1) is 21.5 Å². The first-order valence-electron chi connectivity index (χ1n) is 6.50. The highest BCUT2D eigenvalue weighted by Gasteiger charge is 2.11. The van der Waals surface area contributed by atoms with Crippen LogP contribution in [0.15, 0.2) is 46.2 Å². The van der Waals surface area contributed by atoms with Crippen molar-refractivity contribution in [3.05, 3.63) is 59.0 Å². The molecule has 0 amide bonds. The highest BCUT2D eigenvalue weighted by molar-refractivity contribution is 7.13. The fourth-order valence-corrected chi connectivity index (χ4v) is 2.70. The molecule has 3 aromatic rings. The van der Waals surface area contributed by atoms with E-state index < -0.39 is 0 Å². The Hall–Kier alpha value is -2.05. The zero-order valence-electron chi connectivity index (χ0n) is 11.5. The molecule has 0 saturated heterocycles. The number of nitrogens with zero attached hydrogens (tertiary/aromatic N) is 3. The predicted molar refractivity (Wildman–Crippen MR) is 79.2 cm³/mol. The lowest BCUT2D eigenvalue weighted by Crippen LogP contribution is -2.17. The highest BCUT2D eigenvalue weighted by Crippen LogP contribution is 2.23. The zero-order chi connectivity index (χ0) is 14.7.